The van der Waals surface area contributed by atoms with Crippen molar-refractivity contribution in [2.24, 2.45) is 5.92 Å². The Bertz CT molecular complexity index is 694. The summed E-state index contributed by atoms with van der Waals surface area (Å²) in [6, 6.07) is 10.1. The lowest BCUT2D eigenvalue weighted by Crippen LogP contribution is -2.34. The van der Waals surface area contributed by atoms with Crippen LogP contribution in [-0.4, -0.2) is 28.8 Å². The first kappa shape index (κ1) is 18.5. The van der Waals surface area contributed by atoms with Crippen LogP contribution in [0.3, 0.4) is 0 Å². The number of halogens is 1. The molecule has 0 aliphatic heterocycles. The number of aryl methyl sites for hydroxylation is 2. The second-order valence-corrected chi connectivity index (χ2v) is 6.32. The van der Waals surface area contributed by atoms with Crippen LogP contribution < -0.4 is 10.6 Å². The SMILES string of the molecule is Cc1cc(C)n(-c2ccccc2CNC(=O)CNCC2CC2)n1.Cl. The van der Waals surface area contributed by atoms with Crippen molar-refractivity contribution in [1.29, 1.82) is 0 Å². The van der Waals surface area contributed by atoms with Crippen LogP contribution in [0, 0.1) is 19.8 Å². The zero-order valence-corrected chi connectivity index (χ0v) is 15.0. The lowest BCUT2D eigenvalue weighted by atomic mass is 10.1. The van der Waals surface area contributed by atoms with Crippen LogP contribution in [0.1, 0.15) is 29.8 Å². The summed E-state index contributed by atoms with van der Waals surface area (Å²) in [5.41, 5.74) is 4.16. The first-order chi connectivity index (χ1) is 11.1. The van der Waals surface area contributed by atoms with Crippen LogP contribution in [0.15, 0.2) is 30.3 Å². The van der Waals surface area contributed by atoms with Gasteiger partial charge in [0.05, 0.1) is 17.9 Å². The van der Waals surface area contributed by atoms with Gasteiger partial charge in [0.1, 0.15) is 0 Å². The molecule has 0 spiro atoms. The van der Waals surface area contributed by atoms with Crippen molar-refractivity contribution in [3.63, 3.8) is 0 Å². The number of para-hydroxylation sites is 1. The average Bonchev–Trinajstić information content (AvgIpc) is 3.29. The Morgan fingerprint density at radius 2 is 2.04 bits per heavy atom. The molecule has 0 radical (unpaired) electrons. The van der Waals surface area contributed by atoms with Crippen molar-refractivity contribution in [3.05, 3.63) is 47.3 Å². The van der Waals surface area contributed by atoms with Gasteiger partial charge in [0, 0.05) is 12.2 Å². The van der Waals surface area contributed by atoms with E-state index in [-0.39, 0.29) is 18.3 Å². The molecule has 6 heteroatoms. The minimum atomic E-state index is 0. The van der Waals surface area contributed by atoms with E-state index in [0.717, 1.165) is 35.1 Å². The molecule has 0 bridgehead atoms. The predicted molar refractivity (Wildman–Crippen MR) is 97.7 cm³/mol. The predicted octanol–water partition coefficient (Wildman–Crippen LogP) is 2.53. The van der Waals surface area contributed by atoms with E-state index in [0.29, 0.717) is 13.1 Å². The summed E-state index contributed by atoms with van der Waals surface area (Å²) in [6.07, 6.45) is 2.59. The molecule has 2 N–H and O–H groups in total. The second-order valence-electron chi connectivity index (χ2n) is 6.32. The van der Waals surface area contributed by atoms with Crippen molar-refractivity contribution in [3.8, 4) is 5.69 Å². The maximum Gasteiger partial charge on any atom is 0.234 e. The fourth-order valence-electron chi connectivity index (χ4n) is 2.71. The van der Waals surface area contributed by atoms with Crippen LogP contribution in [-0.2, 0) is 11.3 Å². The van der Waals surface area contributed by atoms with E-state index in [2.05, 4.69) is 21.8 Å². The summed E-state index contributed by atoms with van der Waals surface area (Å²) in [5, 5.41) is 10.7. The molecule has 0 atom stereocenters. The van der Waals surface area contributed by atoms with Crippen molar-refractivity contribution in [2.75, 3.05) is 13.1 Å². The fraction of sp³-hybridized carbons (Fsp3) is 0.444. The largest absolute Gasteiger partial charge is 0.351 e. The Balaban J connectivity index is 0.00000208. The molecule has 0 unspecified atom stereocenters. The van der Waals surface area contributed by atoms with E-state index in [9.17, 15) is 4.79 Å². The monoisotopic (exact) mass is 348 g/mol. The van der Waals surface area contributed by atoms with Gasteiger partial charge in [-0.05, 0) is 56.8 Å². The highest BCUT2D eigenvalue weighted by Gasteiger charge is 2.20. The molecular formula is C18H25ClN4O. The topological polar surface area (TPSA) is 59.0 Å². The molecular weight excluding hydrogens is 324 g/mol. The molecule has 1 saturated carbocycles. The van der Waals surface area contributed by atoms with Gasteiger partial charge in [0.2, 0.25) is 5.91 Å². The van der Waals surface area contributed by atoms with E-state index < -0.39 is 0 Å². The number of aromatic nitrogens is 2. The number of hydrogen-bond donors (Lipinski definition) is 2. The number of benzene rings is 1. The van der Waals surface area contributed by atoms with Crippen molar-refractivity contribution >= 4 is 18.3 Å². The highest BCUT2D eigenvalue weighted by molar-refractivity contribution is 5.85. The Labute approximate surface area is 149 Å². The van der Waals surface area contributed by atoms with Gasteiger partial charge in [-0.1, -0.05) is 18.2 Å². The number of nitrogens with one attached hydrogen (secondary N) is 2. The van der Waals surface area contributed by atoms with E-state index in [1.54, 1.807) is 0 Å². The van der Waals surface area contributed by atoms with E-state index in [4.69, 9.17) is 0 Å². The minimum absolute atomic E-state index is 0. The van der Waals surface area contributed by atoms with Crippen LogP contribution in [0.2, 0.25) is 0 Å². The molecule has 24 heavy (non-hydrogen) atoms. The molecule has 1 aromatic heterocycles. The molecule has 1 aliphatic rings. The van der Waals surface area contributed by atoms with Gasteiger partial charge in [-0.2, -0.15) is 5.10 Å². The third kappa shape index (κ3) is 4.82. The third-order valence-corrected chi connectivity index (χ3v) is 4.12. The minimum Gasteiger partial charge on any atom is -0.351 e. The Morgan fingerprint density at radius 1 is 1.29 bits per heavy atom. The number of carbonyl (C=O) groups excluding carboxylic acids is 1. The van der Waals surface area contributed by atoms with Gasteiger partial charge in [0.25, 0.3) is 0 Å². The number of rotatable bonds is 7. The molecule has 1 fully saturated rings. The molecule has 5 nitrogen and oxygen atoms in total. The van der Waals surface area contributed by atoms with E-state index in [1.807, 2.05) is 42.8 Å². The fourth-order valence-corrected chi connectivity index (χ4v) is 2.71. The smallest absolute Gasteiger partial charge is 0.234 e. The summed E-state index contributed by atoms with van der Waals surface area (Å²) in [4.78, 5) is 11.9. The van der Waals surface area contributed by atoms with E-state index in [1.165, 1.54) is 12.8 Å². The lowest BCUT2D eigenvalue weighted by molar-refractivity contribution is -0.120. The van der Waals surface area contributed by atoms with E-state index >= 15 is 0 Å². The average molecular weight is 349 g/mol. The molecule has 1 aliphatic carbocycles. The standard InChI is InChI=1S/C18H24N4O.ClH/c1-13-9-14(2)22(21-13)17-6-4-3-5-16(17)11-20-18(23)12-19-10-15-7-8-15;/h3-6,9,15,19H,7-8,10-12H2,1-2H3,(H,20,23);1H. The Morgan fingerprint density at radius 3 is 2.71 bits per heavy atom. The van der Waals surface area contributed by atoms with Crippen molar-refractivity contribution in [2.45, 2.75) is 33.2 Å². The molecule has 1 aromatic carbocycles. The Kier molecular flexibility index (Phi) is 6.40. The zero-order chi connectivity index (χ0) is 16.2. The first-order valence-electron chi connectivity index (χ1n) is 8.22. The zero-order valence-electron chi connectivity index (χ0n) is 14.2. The van der Waals surface area contributed by atoms with Gasteiger partial charge < -0.3 is 10.6 Å². The van der Waals surface area contributed by atoms with Crippen LogP contribution >= 0.6 is 12.4 Å². The molecule has 130 valence electrons. The van der Waals surface area contributed by atoms with Gasteiger partial charge in [0.15, 0.2) is 0 Å². The second kappa shape index (κ2) is 8.31. The maximum atomic E-state index is 11.9. The summed E-state index contributed by atoms with van der Waals surface area (Å²) < 4.78 is 1.93. The molecule has 3 rings (SSSR count). The van der Waals surface area contributed by atoms with Crippen LogP contribution in [0.5, 0.6) is 0 Å². The highest BCUT2D eigenvalue weighted by Crippen LogP contribution is 2.27. The normalized spacial score (nSPS) is 13.4. The van der Waals surface area contributed by atoms with Crippen molar-refractivity contribution in [1.82, 2.24) is 20.4 Å². The highest BCUT2D eigenvalue weighted by atomic mass is 35.5. The number of amides is 1. The van der Waals surface area contributed by atoms with Crippen LogP contribution in [0.4, 0.5) is 0 Å². The summed E-state index contributed by atoms with van der Waals surface area (Å²) in [6.45, 7) is 5.88. The van der Waals surface area contributed by atoms with Crippen LogP contribution in [0.25, 0.3) is 5.69 Å². The summed E-state index contributed by atoms with van der Waals surface area (Å²) in [7, 11) is 0. The molecule has 0 saturated heterocycles. The number of hydrogen-bond acceptors (Lipinski definition) is 3. The maximum absolute atomic E-state index is 11.9. The quantitative estimate of drug-likeness (QED) is 0.808. The lowest BCUT2D eigenvalue weighted by Gasteiger charge is -2.12. The third-order valence-electron chi connectivity index (χ3n) is 4.12. The molecule has 2 aromatic rings. The summed E-state index contributed by atoms with van der Waals surface area (Å²) in [5.74, 6) is 0.823. The van der Waals surface area contributed by atoms with Gasteiger partial charge in [-0.3, -0.25) is 4.79 Å². The first-order valence-corrected chi connectivity index (χ1v) is 8.22. The molecule has 1 amide bonds. The van der Waals surface area contributed by atoms with Crippen molar-refractivity contribution < 1.29 is 4.79 Å². The van der Waals surface area contributed by atoms with Gasteiger partial charge in [-0.15, -0.1) is 12.4 Å². The summed E-state index contributed by atoms with van der Waals surface area (Å²) >= 11 is 0. The van der Waals surface area contributed by atoms with Gasteiger partial charge >= 0.3 is 0 Å². The molecule has 1 heterocycles. The number of carbonyl (C=O) groups is 1. The van der Waals surface area contributed by atoms with Gasteiger partial charge in [-0.25, -0.2) is 4.68 Å². The number of nitrogens with zero attached hydrogens (tertiary/aromatic N) is 2. The Hall–Kier alpha value is -1.85.